The van der Waals surface area contributed by atoms with E-state index in [-0.39, 0.29) is 28.3 Å². The molecule has 1 N–H and O–H groups in total. The minimum absolute atomic E-state index is 0.0784. The fraction of sp³-hybridized carbons (Fsp3) is 0.348. The minimum Gasteiger partial charge on any atom is -0.339 e. The van der Waals surface area contributed by atoms with Gasteiger partial charge in [0.05, 0.1) is 16.7 Å². The number of piperidine rings is 1. The summed E-state index contributed by atoms with van der Waals surface area (Å²) in [6.07, 6.45) is 3.28. The second-order valence-corrected chi connectivity index (χ2v) is 8.32. The van der Waals surface area contributed by atoms with E-state index in [1.165, 1.54) is 36.0 Å². The molecule has 32 heavy (non-hydrogen) atoms. The van der Waals surface area contributed by atoms with Crippen molar-refractivity contribution >= 4 is 29.3 Å². The van der Waals surface area contributed by atoms with Crippen molar-refractivity contribution in [3.63, 3.8) is 0 Å². The quantitative estimate of drug-likeness (QED) is 0.731. The number of fused-ring (bicyclic) bond motifs is 1. The van der Waals surface area contributed by atoms with Gasteiger partial charge in [-0.1, -0.05) is 19.1 Å². The van der Waals surface area contributed by atoms with E-state index in [1.807, 2.05) is 0 Å². The fourth-order valence-corrected chi connectivity index (χ4v) is 4.03. The summed E-state index contributed by atoms with van der Waals surface area (Å²) < 4.78 is 1.23. The van der Waals surface area contributed by atoms with Crippen molar-refractivity contribution in [2.24, 2.45) is 13.0 Å². The van der Waals surface area contributed by atoms with Crippen LogP contribution < -0.4 is 10.9 Å². The van der Waals surface area contributed by atoms with Gasteiger partial charge in [0.1, 0.15) is 12.2 Å². The highest BCUT2D eigenvalue weighted by Gasteiger charge is 2.36. The molecule has 0 spiro atoms. The number of hydrogen-bond acceptors (Lipinski definition) is 5. The van der Waals surface area contributed by atoms with Gasteiger partial charge in [-0.05, 0) is 37.0 Å². The Morgan fingerprint density at radius 1 is 1.03 bits per heavy atom. The van der Waals surface area contributed by atoms with E-state index in [2.05, 4.69) is 12.2 Å². The van der Waals surface area contributed by atoms with Crippen molar-refractivity contribution in [2.75, 3.05) is 25.0 Å². The van der Waals surface area contributed by atoms with Crippen LogP contribution in [0.15, 0.2) is 41.3 Å². The monoisotopic (exact) mass is 436 g/mol. The Bertz CT molecular complexity index is 1140. The number of aryl methyl sites for hydroxylation is 1. The number of carbonyl (C=O) groups is 4. The van der Waals surface area contributed by atoms with Crippen molar-refractivity contribution in [3.8, 4) is 0 Å². The first-order valence-corrected chi connectivity index (χ1v) is 10.5. The van der Waals surface area contributed by atoms with Crippen LogP contribution in [-0.2, 0) is 11.8 Å². The summed E-state index contributed by atoms with van der Waals surface area (Å²) in [5.74, 6) is -1.46. The van der Waals surface area contributed by atoms with E-state index < -0.39 is 29.8 Å². The highest BCUT2D eigenvalue weighted by Crippen LogP contribution is 2.22. The Balaban J connectivity index is 1.50. The molecule has 4 amide bonds. The molecule has 0 bridgehead atoms. The molecule has 9 nitrogen and oxygen atoms in total. The summed E-state index contributed by atoms with van der Waals surface area (Å²) >= 11 is 0. The maximum atomic E-state index is 12.9. The Morgan fingerprint density at radius 3 is 2.22 bits per heavy atom. The van der Waals surface area contributed by atoms with Crippen LogP contribution >= 0.6 is 0 Å². The number of imide groups is 1. The Morgan fingerprint density at radius 2 is 1.62 bits per heavy atom. The molecule has 1 aromatic heterocycles. The zero-order chi connectivity index (χ0) is 23.0. The largest absolute Gasteiger partial charge is 0.339 e. The Hall–Kier alpha value is -3.75. The van der Waals surface area contributed by atoms with Crippen molar-refractivity contribution in [1.82, 2.24) is 14.4 Å². The zero-order valence-electron chi connectivity index (χ0n) is 18.0. The summed E-state index contributed by atoms with van der Waals surface area (Å²) in [5.41, 5.74) is 0.196. The van der Waals surface area contributed by atoms with Crippen molar-refractivity contribution < 1.29 is 19.2 Å². The molecule has 0 atom stereocenters. The maximum Gasteiger partial charge on any atom is 0.274 e. The van der Waals surface area contributed by atoms with Crippen molar-refractivity contribution in [1.29, 1.82) is 0 Å². The SMILES string of the molecule is CC1CCN(C(=O)c2cc(NC(=O)CN3C(=O)c4ccccc4C3=O)c(=O)n(C)c2)CC1. The third-order valence-electron chi connectivity index (χ3n) is 5.96. The molecule has 166 valence electrons. The normalized spacial score (nSPS) is 16.3. The van der Waals surface area contributed by atoms with Gasteiger partial charge in [-0.3, -0.25) is 28.9 Å². The molecule has 2 aliphatic rings. The second-order valence-electron chi connectivity index (χ2n) is 8.32. The highest BCUT2D eigenvalue weighted by atomic mass is 16.2. The average Bonchev–Trinajstić information content (AvgIpc) is 3.02. The van der Waals surface area contributed by atoms with E-state index in [0.717, 1.165) is 17.7 Å². The predicted octanol–water partition coefficient (Wildman–Crippen LogP) is 1.49. The van der Waals surface area contributed by atoms with Gasteiger partial charge in [0.25, 0.3) is 23.3 Å². The number of benzene rings is 1. The summed E-state index contributed by atoms with van der Waals surface area (Å²) in [6.45, 7) is 2.91. The third kappa shape index (κ3) is 3.93. The molecule has 0 aliphatic carbocycles. The van der Waals surface area contributed by atoms with Gasteiger partial charge in [0.2, 0.25) is 5.91 Å². The van der Waals surface area contributed by atoms with Crippen LogP contribution in [-0.4, -0.2) is 57.6 Å². The average molecular weight is 436 g/mol. The number of nitrogens with one attached hydrogen (secondary N) is 1. The van der Waals surface area contributed by atoms with Gasteiger partial charge in [0.15, 0.2) is 0 Å². The first kappa shape index (κ1) is 21.5. The van der Waals surface area contributed by atoms with Crippen molar-refractivity contribution in [2.45, 2.75) is 19.8 Å². The Kier molecular flexibility index (Phi) is 5.65. The lowest BCUT2D eigenvalue weighted by Crippen LogP contribution is -2.39. The highest BCUT2D eigenvalue weighted by molar-refractivity contribution is 6.22. The van der Waals surface area contributed by atoms with Crippen LogP contribution in [0, 0.1) is 5.92 Å². The number of anilines is 1. The number of aromatic nitrogens is 1. The van der Waals surface area contributed by atoms with Crippen molar-refractivity contribution in [3.05, 3.63) is 63.6 Å². The summed E-state index contributed by atoms with van der Waals surface area (Å²) in [6, 6.07) is 7.69. The van der Waals surface area contributed by atoms with Crippen LogP contribution in [0.4, 0.5) is 5.69 Å². The number of nitrogens with zero attached hydrogens (tertiary/aromatic N) is 3. The first-order valence-electron chi connectivity index (χ1n) is 10.5. The standard InChI is InChI=1S/C23H24N4O5/c1-14-7-9-26(10-8-14)20(29)15-11-18(23(32)25(2)12-15)24-19(28)13-27-21(30)16-5-3-4-6-17(16)22(27)31/h3-6,11-12,14H,7-10,13H2,1-2H3,(H,24,28). The molecule has 1 fully saturated rings. The third-order valence-corrected chi connectivity index (χ3v) is 5.96. The smallest absolute Gasteiger partial charge is 0.274 e. The molecule has 2 aliphatic heterocycles. The summed E-state index contributed by atoms with van der Waals surface area (Å²) in [4.78, 5) is 65.5. The van der Waals surface area contributed by atoms with E-state index in [1.54, 1.807) is 17.0 Å². The molecule has 1 aromatic carbocycles. The van der Waals surface area contributed by atoms with Gasteiger partial charge in [-0.2, -0.15) is 0 Å². The summed E-state index contributed by atoms with van der Waals surface area (Å²) in [7, 11) is 1.50. The molecule has 0 unspecified atom stereocenters. The Labute approximate surface area is 184 Å². The van der Waals surface area contributed by atoms with E-state index in [0.29, 0.717) is 19.0 Å². The molecule has 0 saturated carbocycles. The zero-order valence-corrected chi connectivity index (χ0v) is 18.0. The van der Waals surface area contributed by atoms with Gasteiger partial charge in [-0.15, -0.1) is 0 Å². The molecule has 9 heteroatoms. The lowest BCUT2D eigenvalue weighted by atomic mass is 9.99. The first-order chi connectivity index (χ1) is 15.3. The fourth-order valence-electron chi connectivity index (χ4n) is 4.03. The van der Waals surface area contributed by atoms with Crippen LogP contribution in [0.3, 0.4) is 0 Å². The van der Waals surface area contributed by atoms with Crippen LogP contribution in [0.5, 0.6) is 0 Å². The molecular weight excluding hydrogens is 412 g/mol. The topological polar surface area (TPSA) is 109 Å². The van der Waals surface area contributed by atoms with E-state index >= 15 is 0 Å². The number of hydrogen-bond donors (Lipinski definition) is 1. The number of pyridine rings is 1. The van der Waals surface area contributed by atoms with Gasteiger partial charge in [-0.25, -0.2) is 0 Å². The molecule has 2 aromatic rings. The number of rotatable bonds is 4. The van der Waals surface area contributed by atoms with Gasteiger partial charge in [0, 0.05) is 26.3 Å². The molecule has 0 radical (unpaired) electrons. The van der Waals surface area contributed by atoms with Gasteiger partial charge >= 0.3 is 0 Å². The minimum atomic E-state index is -0.701. The number of amides is 4. The van der Waals surface area contributed by atoms with Crippen LogP contribution in [0.2, 0.25) is 0 Å². The predicted molar refractivity (Wildman–Crippen MR) is 116 cm³/mol. The van der Waals surface area contributed by atoms with E-state index in [9.17, 15) is 24.0 Å². The molecule has 3 heterocycles. The van der Waals surface area contributed by atoms with E-state index in [4.69, 9.17) is 0 Å². The van der Waals surface area contributed by atoms with Gasteiger partial charge < -0.3 is 14.8 Å². The number of likely N-dealkylation sites (tertiary alicyclic amines) is 1. The second kappa shape index (κ2) is 8.41. The lowest BCUT2D eigenvalue weighted by Gasteiger charge is -2.30. The molecule has 4 rings (SSSR count). The molecular formula is C23H24N4O5. The van der Waals surface area contributed by atoms with Crippen LogP contribution in [0.1, 0.15) is 50.8 Å². The van der Waals surface area contributed by atoms with Crippen LogP contribution in [0.25, 0.3) is 0 Å². The number of carbonyl (C=O) groups excluding carboxylic acids is 4. The maximum absolute atomic E-state index is 12.9. The summed E-state index contributed by atoms with van der Waals surface area (Å²) in [5, 5.41) is 2.46. The molecule has 1 saturated heterocycles. The lowest BCUT2D eigenvalue weighted by molar-refractivity contribution is -0.116.